The summed E-state index contributed by atoms with van der Waals surface area (Å²) >= 11 is 0. The van der Waals surface area contributed by atoms with E-state index in [1.54, 1.807) is 19.9 Å². The van der Waals surface area contributed by atoms with Crippen molar-refractivity contribution >= 4 is 32.6 Å². The van der Waals surface area contributed by atoms with E-state index in [2.05, 4.69) is 4.90 Å². The van der Waals surface area contributed by atoms with Crippen LogP contribution in [0.5, 0.6) is 11.5 Å². The summed E-state index contributed by atoms with van der Waals surface area (Å²) in [7, 11) is 1.87. The number of aryl methyl sites for hydroxylation is 1. The lowest BCUT2D eigenvalue weighted by Crippen LogP contribution is -2.49. The Balaban J connectivity index is 1.58. The molecule has 8 nitrogen and oxygen atoms in total. The molecule has 0 aliphatic carbocycles. The molecule has 3 heterocycles. The number of aliphatic hydroxyl groups is 2. The molecule has 0 amide bonds. The van der Waals surface area contributed by atoms with Crippen LogP contribution in [0.4, 0.5) is 0 Å². The lowest BCUT2D eigenvalue weighted by molar-refractivity contribution is -0.111. The van der Waals surface area contributed by atoms with Gasteiger partial charge in [0.2, 0.25) is 5.43 Å². The highest BCUT2D eigenvalue weighted by atomic mass is 16.5. The molecule has 6 rings (SSSR count). The van der Waals surface area contributed by atoms with E-state index in [0.29, 0.717) is 59.7 Å². The number of rotatable bonds is 4. The fourth-order valence-electron chi connectivity index (χ4n) is 5.62. The normalized spacial score (nSPS) is 21.8. The number of hydrogen-bond acceptors (Lipinski definition) is 7. The molecule has 8 heteroatoms. The maximum absolute atomic E-state index is 14.1. The molecule has 1 fully saturated rings. The first kappa shape index (κ1) is 24.2. The predicted octanol–water partition coefficient (Wildman–Crippen LogP) is 3.12. The minimum Gasteiger partial charge on any atom is -0.491 e. The SMILES string of the molecule is Cn1c2cc3ccccc3cc2c(=O)c2c(OCCN3CCOCC3)cc3c(c21)[C@@H](O)[C@@H](O)C(C)(C)O3. The average molecular weight is 505 g/mol. The van der Waals surface area contributed by atoms with Gasteiger partial charge < -0.3 is 29.0 Å². The van der Waals surface area contributed by atoms with Gasteiger partial charge in [0, 0.05) is 38.1 Å². The van der Waals surface area contributed by atoms with E-state index in [-0.39, 0.29) is 5.43 Å². The van der Waals surface area contributed by atoms with Crippen LogP contribution in [0, 0.1) is 0 Å². The van der Waals surface area contributed by atoms with E-state index in [1.165, 1.54) is 0 Å². The van der Waals surface area contributed by atoms with Crippen molar-refractivity contribution in [3.8, 4) is 11.5 Å². The predicted molar refractivity (Wildman–Crippen MR) is 143 cm³/mol. The van der Waals surface area contributed by atoms with Crippen molar-refractivity contribution in [2.75, 3.05) is 39.5 Å². The fourth-order valence-corrected chi connectivity index (χ4v) is 5.62. The lowest BCUT2D eigenvalue weighted by Gasteiger charge is -2.40. The van der Waals surface area contributed by atoms with Crippen molar-refractivity contribution in [3.05, 3.63) is 58.3 Å². The molecule has 3 aromatic carbocycles. The number of aromatic nitrogens is 1. The van der Waals surface area contributed by atoms with Crippen LogP contribution in [0.2, 0.25) is 0 Å². The number of nitrogens with zero attached hydrogens (tertiary/aromatic N) is 2. The lowest BCUT2D eigenvalue weighted by atomic mass is 9.86. The van der Waals surface area contributed by atoms with Gasteiger partial charge >= 0.3 is 0 Å². The van der Waals surface area contributed by atoms with Crippen molar-refractivity contribution in [2.24, 2.45) is 7.05 Å². The van der Waals surface area contributed by atoms with Gasteiger partial charge in [-0.05, 0) is 36.8 Å². The highest BCUT2D eigenvalue weighted by molar-refractivity contribution is 6.04. The van der Waals surface area contributed by atoms with Gasteiger partial charge in [-0.1, -0.05) is 24.3 Å². The van der Waals surface area contributed by atoms with Crippen molar-refractivity contribution in [1.82, 2.24) is 9.47 Å². The molecule has 0 saturated carbocycles. The van der Waals surface area contributed by atoms with Gasteiger partial charge in [-0.25, -0.2) is 0 Å². The zero-order chi connectivity index (χ0) is 25.9. The zero-order valence-electron chi connectivity index (χ0n) is 21.4. The summed E-state index contributed by atoms with van der Waals surface area (Å²) < 4.78 is 19.8. The average Bonchev–Trinajstić information content (AvgIpc) is 2.89. The van der Waals surface area contributed by atoms with E-state index in [4.69, 9.17) is 14.2 Å². The summed E-state index contributed by atoms with van der Waals surface area (Å²) in [6, 6.07) is 13.5. The summed E-state index contributed by atoms with van der Waals surface area (Å²) in [5.74, 6) is 0.823. The molecule has 1 aromatic heterocycles. The topological polar surface area (TPSA) is 93.4 Å². The smallest absolute Gasteiger partial charge is 0.201 e. The fraction of sp³-hybridized carbons (Fsp3) is 0.414. The van der Waals surface area contributed by atoms with Gasteiger partial charge in [0.25, 0.3) is 0 Å². The number of hydrogen-bond donors (Lipinski definition) is 2. The minimum atomic E-state index is -1.23. The molecule has 2 aliphatic rings. The van der Waals surface area contributed by atoms with Gasteiger partial charge in [-0.15, -0.1) is 0 Å². The summed E-state index contributed by atoms with van der Waals surface area (Å²) in [5, 5.41) is 25.1. The third kappa shape index (κ3) is 3.95. The monoisotopic (exact) mass is 504 g/mol. The van der Waals surface area contributed by atoms with E-state index in [0.717, 1.165) is 29.4 Å². The molecule has 0 unspecified atom stereocenters. The standard InChI is InChI=1S/C29H32N2O6/c1-29(2)28(34)27(33)24-22(37-29)16-21(36-13-10-31-8-11-35-12-9-31)23-25(24)30(3)20-15-18-7-5-4-6-17(18)14-19(20)26(23)32/h4-7,14-16,27-28,33-34H,8-13H2,1-3H3/t27-,28-/m1/s1. The molecule has 37 heavy (non-hydrogen) atoms. The summed E-state index contributed by atoms with van der Waals surface area (Å²) in [4.78, 5) is 16.3. The third-order valence-electron chi connectivity index (χ3n) is 7.75. The van der Waals surface area contributed by atoms with E-state index in [1.807, 2.05) is 48.0 Å². The summed E-state index contributed by atoms with van der Waals surface area (Å²) in [6.07, 6.45) is -2.40. The minimum absolute atomic E-state index is 0.176. The van der Waals surface area contributed by atoms with Crippen molar-refractivity contribution in [3.63, 3.8) is 0 Å². The Kier molecular flexibility index (Phi) is 5.88. The van der Waals surface area contributed by atoms with Crippen LogP contribution in [0.1, 0.15) is 25.5 Å². The summed E-state index contributed by atoms with van der Waals surface area (Å²) in [5.41, 5.74) is 0.447. The zero-order valence-corrected chi connectivity index (χ0v) is 21.4. The molecule has 194 valence electrons. The Morgan fingerprint density at radius 2 is 1.78 bits per heavy atom. The quantitative estimate of drug-likeness (QED) is 0.413. The molecule has 2 aliphatic heterocycles. The third-order valence-corrected chi connectivity index (χ3v) is 7.75. The maximum atomic E-state index is 14.1. The molecule has 2 N–H and O–H groups in total. The van der Waals surface area contributed by atoms with Gasteiger partial charge in [0.05, 0.1) is 35.2 Å². The Labute approximate surface area is 214 Å². The van der Waals surface area contributed by atoms with Crippen molar-refractivity contribution in [1.29, 1.82) is 0 Å². The molecule has 1 saturated heterocycles. The van der Waals surface area contributed by atoms with E-state index >= 15 is 0 Å². The Morgan fingerprint density at radius 3 is 2.51 bits per heavy atom. The molecule has 0 bridgehead atoms. The van der Waals surface area contributed by atoms with Gasteiger partial charge in [-0.3, -0.25) is 9.69 Å². The van der Waals surface area contributed by atoms with Crippen LogP contribution in [-0.4, -0.2) is 70.8 Å². The molecule has 4 aromatic rings. The second kappa shape index (κ2) is 8.99. The maximum Gasteiger partial charge on any atom is 0.201 e. The largest absolute Gasteiger partial charge is 0.491 e. The van der Waals surface area contributed by atoms with E-state index < -0.39 is 17.8 Å². The number of pyridine rings is 1. The van der Waals surface area contributed by atoms with Crippen LogP contribution >= 0.6 is 0 Å². The van der Waals surface area contributed by atoms with Crippen LogP contribution < -0.4 is 14.9 Å². The number of aliphatic hydroxyl groups excluding tert-OH is 2. The van der Waals surface area contributed by atoms with E-state index in [9.17, 15) is 15.0 Å². The molecular formula is C29H32N2O6. The number of ether oxygens (including phenoxy) is 3. The number of benzene rings is 3. The second-order valence-corrected chi connectivity index (χ2v) is 10.5. The van der Waals surface area contributed by atoms with Gasteiger partial charge in [0.15, 0.2) is 0 Å². The first-order valence-corrected chi connectivity index (χ1v) is 12.8. The molecule has 0 spiro atoms. The van der Waals surface area contributed by atoms with Gasteiger partial charge in [0.1, 0.15) is 35.9 Å². The Bertz CT molecular complexity index is 1570. The summed E-state index contributed by atoms with van der Waals surface area (Å²) in [6.45, 7) is 7.65. The number of morpholine rings is 1. The second-order valence-electron chi connectivity index (χ2n) is 10.5. The Hall–Kier alpha value is -3.17. The molecule has 2 atom stereocenters. The first-order valence-electron chi connectivity index (χ1n) is 12.8. The highest BCUT2D eigenvalue weighted by Gasteiger charge is 2.44. The van der Waals surface area contributed by atoms with Crippen LogP contribution in [0.15, 0.2) is 47.3 Å². The van der Waals surface area contributed by atoms with Crippen molar-refractivity contribution in [2.45, 2.75) is 31.7 Å². The van der Waals surface area contributed by atoms with Crippen LogP contribution in [0.25, 0.3) is 32.6 Å². The first-order chi connectivity index (χ1) is 17.8. The Morgan fingerprint density at radius 1 is 1.08 bits per heavy atom. The molecular weight excluding hydrogens is 472 g/mol. The van der Waals surface area contributed by atoms with Gasteiger partial charge in [-0.2, -0.15) is 0 Å². The highest BCUT2D eigenvalue weighted by Crippen LogP contribution is 2.46. The van der Waals surface area contributed by atoms with Crippen LogP contribution in [0.3, 0.4) is 0 Å². The molecule has 0 radical (unpaired) electrons. The van der Waals surface area contributed by atoms with Crippen LogP contribution in [-0.2, 0) is 11.8 Å². The van der Waals surface area contributed by atoms with Crippen molar-refractivity contribution < 1.29 is 24.4 Å². The number of fused-ring (bicyclic) bond motifs is 5.